The van der Waals surface area contributed by atoms with Gasteiger partial charge in [0.2, 0.25) is 0 Å². The van der Waals surface area contributed by atoms with E-state index < -0.39 is 5.91 Å². The summed E-state index contributed by atoms with van der Waals surface area (Å²) in [5.74, 6) is -0.752. The van der Waals surface area contributed by atoms with Gasteiger partial charge in [-0.15, -0.1) is 0 Å². The number of oxime groups is 1. The maximum absolute atomic E-state index is 9.51. The molecule has 0 aliphatic rings. The van der Waals surface area contributed by atoms with Crippen molar-refractivity contribution in [2.45, 2.75) is 0 Å². The van der Waals surface area contributed by atoms with Crippen LogP contribution in [-0.4, -0.2) is 17.3 Å². The molecular formula is C2H4N2O2. The van der Waals surface area contributed by atoms with Crippen molar-refractivity contribution in [2.24, 2.45) is 10.9 Å². The van der Waals surface area contributed by atoms with E-state index in [2.05, 4.69) is 10.9 Å². The van der Waals surface area contributed by atoms with Gasteiger partial charge in [-0.05, 0) is 0 Å². The monoisotopic (exact) mass is 88.0 g/mol. The van der Waals surface area contributed by atoms with E-state index in [1.54, 1.807) is 0 Å². The third-order valence-electron chi connectivity index (χ3n) is 0.185. The van der Waals surface area contributed by atoms with Crippen molar-refractivity contribution in [1.29, 1.82) is 0 Å². The lowest BCUT2D eigenvalue weighted by Crippen LogP contribution is -2.10. The third-order valence-corrected chi connectivity index (χ3v) is 0.185. The summed E-state index contributed by atoms with van der Waals surface area (Å²) in [6.45, 7) is 0. The predicted octanol–water partition coefficient (Wildman–Crippen LogP) is -1.07. The highest BCUT2D eigenvalue weighted by Gasteiger charge is 1.77. The second kappa shape index (κ2) is 2.19. The highest BCUT2D eigenvalue weighted by molar-refractivity contribution is 6.25. The lowest BCUT2D eigenvalue weighted by atomic mass is 10.7. The molecule has 0 aliphatic carbocycles. The van der Waals surface area contributed by atoms with Gasteiger partial charge in [0, 0.05) is 0 Å². The van der Waals surface area contributed by atoms with Gasteiger partial charge >= 0.3 is 0 Å². The van der Waals surface area contributed by atoms with Crippen LogP contribution in [0.4, 0.5) is 0 Å². The Kier molecular flexibility index (Phi) is 1.81. The molecule has 4 nitrogen and oxygen atoms in total. The summed E-state index contributed by atoms with van der Waals surface area (Å²) in [4.78, 5) is 9.51. The van der Waals surface area contributed by atoms with Gasteiger partial charge in [0.15, 0.2) is 0 Å². The Labute approximate surface area is 34.2 Å². The van der Waals surface area contributed by atoms with Crippen LogP contribution in [0.25, 0.3) is 0 Å². The lowest BCUT2D eigenvalue weighted by molar-refractivity contribution is -0.111. The summed E-state index contributed by atoms with van der Waals surface area (Å²) in [6.07, 6.45) is 0.611. The number of hydrogen-bond acceptors (Lipinski definition) is 3. The van der Waals surface area contributed by atoms with E-state index in [0.29, 0.717) is 6.21 Å². The fourth-order valence-electron chi connectivity index (χ4n) is 0.0569. The Morgan fingerprint density at radius 2 is 2.50 bits per heavy atom. The van der Waals surface area contributed by atoms with Crippen LogP contribution < -0.4 is 5.73 Å². The van der Waals surface area contributed by atoms with E-state index >= 15 is 0 Å². The average molecular weight is 88.1 g/mol. The molecule has 3 N–H and O–H groups in total. The number of nitrogens with zero attached hydrogens (tertiary/aromatic N) is 1. The zero-order valence-corrected chi connectivity index (χ0v) is 2.96. The fraction of sp³-hybridized carbons (Fsp3) is 0. The first-order valence-corrected chi connectivity index (χ1v) is 1.24. The van der Waals surface area contributed by atoms with Gasteiger partial charge in [0.1, 0.15) is 6.21 Å². The molecule has 0 rings (SSSR count). The number of carbonyl (C=O) groups is 1. The highest BCUT2D eigenvalue weighted by atomic mass is 16.4. The van der Waals surface area contributed by atoms with Crippen LogP contribution in [0, 0.1) is 0 Å². The van der Waals surface area contributed by atoms with Crippen LogP contribution in [0.1, 0.15) is 0 Å². The van der Waals surface area contributed by atoms with Crippen LogP contribution in [0.15, 0.2) is 5.16 Å². The van der Waals surface area contributed by atoms with Gasteiger partial charge in [-0.1, -0.05) is 5.16 Å². The van der Waals surface area contributed by atoms with Crippen LogP contribution in [0.2, 0.25) is 0 Å². The summed E-state index contributed by atoms with van der Waals surface area (Å²) in [7, 11) is 0. The molecular weight excluding hydrogens is 84.0 g/mol. The normalized spacial score (nSPS) is 9.33. The summed E-state index contributed by atoms with van der Waals surface area (Å²) in [5.41, 5.74) is 4.45. The Bertz CT molecular complexity index is 77.6. The second-order valence-corrected chi connectivity index (χ2v) is 0.647. The number of carbonyl (C=O) groups excluding carboxylic acids is 1. The standard InChI is InChI=1S/C2H4N2O2/c3-2(5)1-4-6/h1,6H,(H2,3,5). The van der Waals surface area contributed by atoms with E-state index in [0.717, 1.165) is 0 Å². The van der Waals surface area contributed by atoms with E-state index in [9.17, 15) is 4.79 Å². The third kappa shape index (κ3) is 2.94. The minimum absolute atomic E-state index is 0.611. The SMILES string of the molecule is NC(=O)C=NO. The van der Waals surface area contributed by atoms with Gasteiger partial charge in [-0.25, -0.2) is 0 Å². The smallest absolute Gasteiger partial charge is 0.263 e. The van der Waals surface area contributed by atoms with Gasteiger partial charge < -0.3 is 10.9 Å². The maximum atomic E-state index is 9.51. The summed E-state index contributed by atoms with van der Waals surface area (Å²) in [5, 5.41) is 9.84. The molecule has 1 amide bonds. The number of rotatable bonds is 1. The summed E-state index contributed by atoms with van der Waals surface area (Å²) in [6, 6.07) is 0. The predicted molar refractivity (Wildman–Crippen MR) is 19.5 cm³/mol. The molecule has 4 heteroatoms. The molecule has 0 aromatic rings. The topological polar surface area (TPSA) is 75.7 Å². The lowest BCUT2D eigenvalue weighted by Gasteiger charge is -1.68. The molecule has 0 radical (unpaired) electrons. The van der Waals surface area contributed by atoms with Gasteiger partial charge in [-0.3, -0.25) is 4.79 Å². The molecule has 0 bridgehead atoms. The molecule has 0 spiro atoms. The second-order valence-electron chi connectivity index (χ2n) is 0.647. The van der Waals surface area contributed by atoms with Crippen LogP contribution >= 0.6 is 0 Å². The number of hydrogen-bond donors (Lipinski definition) is 2. The Morgan fingerprint density at radius 1 is 2.00 bits per heavy atom. The molecule has 0 fully saturated rings. The first-order valence-electron chi connectivity index (χ1n) is 1.24. The zero-order valence-electron chi connectivity index (χ0n) is 2.96. The Hall–Kier alpha value is -1.06. The molecule has 0 saturated heterocycles. The summed E-state index contributed by atoms with van der Waals surface area (Å²) >= 11 is 0. The number of primary amides is 1. The minimum atomic E-state index is -0.752. The highest BCUT2D eigenvalue weighted by Crippen LogP contribution is 1.45. The molecule has 34 valence electrons. The van der Waals surface area contributed by atoms with E-state index in [-0.39, 0.29) is 0 Å². The van der Waals surface area contributed by atoms with E-state index in [4.69, 9.17) is 5.21 Å². The average Bonchev–Trinajstić information content (AvgIpc) is 1.35. The Balaban J connectivity index is 3.30. The van der Waals surface area contributed by atoms with E-state index in [1.165, 1.54) is 0 Å². The molecule has 0 aliphatic heterocycles. The fourth-order valence-corrected chi connectivity index (χ4v) is 0.0569. The van der Waals surface area contributed by atoms with Crippen LogP contribution in [0.5, 0.6) is 0 Å². The molecule has 0 heterocycles. The first kappa shape index (κ1) is 4.94. The van der Waals surface area contributed by atoms with Crippen molar-refractivity contribution >= 4 is 12.1 Å². The van der Waals surface area contributed by atoms with Crippen LogP contribution in [-0.2, 0) is 4.79 Å². The molecule has 0 aromatic heterocycles. The van der Waals surface area contributed by atoms with Crippen molar-refractivity contribution < 1.29 is 10.0 Å². The maximum Gasteiger partial charge on any atom is 0.263 e. The van der Waals surface area contributed by atoms with Crippen molar-refractivity contribution in [3.8, 4) is 0 Å². The quantitative estimate of drug-likeness (QED) is 0.243. The van der Waals surface area contributed by atoms with E-state index in [1.807, 2.05) is 0 Å². The van der Waals surface area contributed by atoms with Gasteiger partial charge in [-0.2, -0.15) is 0 Å². The van der Waals surface area contributed by atoms with Crippen molar-refractivity contribution in [3.63, 3.8) is 0 Å². The van der Waals surface area contributed by atoms with Gasteiger partial charge in [0.25, 0.3) is 5.91 Å². The molecule has 6 heavy (non-hydrogen) atoms. The largest absolute Gasteiger partial charge is 0.411 e. The minimum Gasteiger partial charge on any atom is -0.411 e. The molecule has 0 aromatic carbocycles. The number of amides is 1. The molecule has 0 atom stereocenters. The van der Waals surface area contributed by atoms with Crippen molar-refractivity contribution in [2.75, 3.05) is 0 Å². The van der Waals surface area contributed by atoms with Crippen molar-refractivity contribution in [3.05, 3.63) is 0 Å². The summed E-state index contributed by atoms with van der Waals surface area (Å²) < 4.78 is 0. The Morgan fingerprint density at radius 3 is 2.50 bits per heavy atom. The zero-order chi connectivity index (χ0) is 4.99. The first-order chi connectivity index (χ1) is 2.77. The van der Waals surface area contributed by atoms with Crippen molar-refractivity contribution in [1.82, 2.24) is 0 Å². The van der Waals surface area contributed by atoms with Gasteiger partial charge in [0.05, 0.1) is 0 Å². The molecule has 0 unspecified atom stereocenters. The number of nitrogens with two attached hydrogens (primary N) is 1. The molecule has 0 saturated carbocycles. The van der Waals surface area contributed by atoms with Crippen LogP contribution in [0.3, 0.4) is 0 Å².